The average molecular weight is 688 g/mol. The molecule has 15 nitrogen and oxygen atoms in total. The number of phenolic OH excluding ortho intramolecular Hbond substituents is 2. The maximum absolute atomic E-state index is 13.8. The van der Waals surface area contributed by atoms with Crippen LogP contribution in [-0.4, -0.2) is 98.8 Å². The molecular formula is C29H40Cl2N6O9. The molecule has 0 aromatic heterocycles. The lowest BCUT2D eigenvalue weighted by Gasteiger charge is -2.32. The number of halogens is 2. The van der Waals surface area contributed by atoms with Gasteiger partial charge in [0.15, 0.2) is 0 Å². The van der Waals surface area contributed by atoms with Crippen LogP contribution >= 0.6 is 24.8 Å². The van der Waals surface area contributed by atoms with Crippen molar-refractivity contribution < 1.29 is 44.4 Å². The first-order chi connectivity index (χ1) is 20.7. The summed E-state index contributed by atoms with van der Waals surface area (Å²) in [6.07, 6.45) is -2.64. The summed E-state index contributed by atoms with van der Waals surface area (Å²) in [5.74, 6) is -5.10. The molecule has 5 atom stereocenters. The van der Waals surface area contributed by atoms with Crippen LogP contribution in [0.4, 0.5) is 0 Å². The zero-order valence-corrected chi connectivity index (χ0v) is 26.6. The summed E-state index contributed by atoms with van der Waals surface area (Å²) in [5, 5.41) is 45.9. The first-order valence-electron chi connectivity index (χ1n) is 13.9. The Labute approximate surface area is 277 Å². The van der Waals surface area contributed by atoms with Crippen LogP contribution in [0.3, 0.4) is 0 Å². The third-order valence-electron chi connectivity index (χ3n) is 7.49. The fraction of sp³-hybridized carbons (Fsp3) is 0.414. The molecule has 0 saturated carbocycles. The van der Waals surface area contributed by atoms with E-state index in [1.54, 1.807) is 24.3 Å². The summed E-state index contributed by atoms with van der Waals surface area (Å²) >= 11 is 0. The van der Waals surface area contributed by atoms with Gasteiger partial charge in [0.1, 0.15) is 29.6 Å². The molecule has 17 heteroatoms. The Morgan fingerprint density at radius 1 is 1.02 bits per heavy atom. The van der Waals surface area contributed by atoms with E-state index in [4.69, 9.17) is 17.2 Å². The summed E-state index contributed by atoms with van der Waals surface area (Å²) < 4.78 is 0. The molecule has 0 unspecified atom stereocenters. The molecule has 12 N–H and O–H groups in total. The zero-order valence-electron chi connectivity index (χ0n) is 24.9. The number of nitrogens with one attached hydrogen (secondary N) is 2. The number of fused-ring (bicyclic) bond motifs is 5. The molecular weight excluding hydrogens is 647 g/mol. The van der Waals surface area contributed by atoms with E-state index >= 15 is 0 Å². The molecule has 46 heavy (non-hydrogen) atoms. The minimum absolute atomic E-state index is 0. The highest BCUT2D eigenvalue weighted by Gasteiger charge is 2.36. The monoisotopic (exact) mass is 686 g/mol. The first-order valence-corrected chi connectivity index (χ1v) is 13.9. The quantitative estimate of drug-likeness (QED) is 0.153. The van der Waals surface area contributed by atoms with E-state index in [1.165, 1.54) is 19.2 Å². The number of phenols is 2. The van der Waals surface area contributed by atoms with Crippen molar-refractivity contribution in [1.82, 2.24) is 15.5 Å². The third-order valence-corrected chi connectivity index (χ3v) is 7.49. The number of aliphatic hydroxyl groups is 1. The maximum atomic E-state index is 13.8. The van der Waals surface area contributed by atoms with Crippen LogP contribution in [0.2, 0.25) is 0 Å². The van der Waals surface area contributed by atoms with Crippen molar-refractivity contribution in [2.75, 3.05) is 13.6 Å². The second-order valence-corrected chi connectivity index (χ2v) is 10.8. The lowest BCUT2D eigenvalue weighted by Crippen LogP contribution is -2.59. The average Bonchev–Trinajstić information content (AvgIpc) is 2.97. The molecule has 0 spiro atoms. The van der Waals surface area contributed by atoms with E-state index in [1.807, 2.05) is 0 Å². The molecule has 0 fully saturated rings. The highest BCUT2D eigenvalue weighted by atomic mass is 35.5. The third kappa shape index (κ3) is 10.2. The van der Waals surface area contributed by atoms with E-state index in [-0.39, 0.29) is 80.5 Å². The number of rotatable bonds is 9. The number of carboxylic acid groups (broad SMARTS) is 1. The molecule has 1 heterocycles. The molecule has 254 valence electrons. The number of benzene rings is 2. The van der Waals surface area contributed by atoms with Crippen molar-refractivity contribution in [3.8, 4) is 22.6 Å². The van der Waals surface area contributed by atoms with Crippen molar-refractivity contribution in [1.29, 1.82) is 0 Å². The lowest BCUT2D eigenvalue weighted by molar-refractivity contribution is -0.145. The van der Waals surface area contributed by atoms with E-state index in [0.717, 1.165) is 4.90 Å². The molecule has 1 aliphatic rings. The number of hydrogen-bond donors (Lipinski definition) is 9. The van der Waals surface area contributed by atoms with Gasteiger partial charge in [0.25, 0.3) is 0 Å². The molecule has 3 rings (SSSR count). The number of amides is 4. The van der Waals surface area contributed by atoms with Gasteiger partial charge in [-0.1, -0.05) is 12.1 Å². The van der Waals surface area contributed by atoms with Crippen molar-refractivity contribution in [3.63, 3.8) is 0 Å². The molecule has 1 aliphatic heterocycles. The van der Waals surface area contributed by atoms with Gasteiger partial charge in [0.2, 0.25) is 23.6 Å². The fourth-order valence-electron chi connectivity index (χ4n) is 4.88. The Morgan fingerprint density at radius 3 is 2.07 bits per heavy atom. The summed E-state index contributed by atoms with van der Waals surface area (Å²) in [7, 11) is 1.25. The van der Waals surface area contributed by atoms with Gasteiger partial charge in [-0.15, -0.1) is 24.8 Å². The van der Waals surface area contributed by atoms with E-state index in [0.29, 0.717) is 16.7 Å². The predicted octanol–water partition coefficient (Wildman–Crippen LogP) is -1.11. The van der Waals surface area contributed by atoms with Gasteiger partial charge in [-0.05, 0) is 52.9 Å². The van der Waals surface area contributed by atoms with Crippen molar-refractivity contribution in [3.05, 3.63) is 47.5 Å². The van der Waals surface area contributed by atoms with Crippen molar-refractivity contribution >= 4 is 54.4 Å². The number of nitrogens with two attached hydrogens (primary N) is 3. The maximum Gasteiger partial charge on any atom is 0.326 e. The Balaban J connectivity index is 0.00000529. The van der Waals surface area contributed by atoms with Crippen LogP contribution in [-0.2, 0) is 36.8 Å². The van der Waals surface area contributed by atoms with Gasteiger partial charge >= 0.3 is 5.97 Å². The SMILES string of the molecule is CN1C(=O)[C@H](C[C@@H](O)CN)NC(=O)[C@H](N)Cc2cc(ccc2O)-c2ccc(O)c(c2)C[C@H]1C(=O)N[C@@H](CCC(N)=O)C(=O)O.Cl.Cl. The van der Waals surface area contributed by atoms with Crippen LogP contribution in [0.5, 0.6) is 11.5 Å². The Morgan fingerprint density at radius 2 is 1.57 bits per heavy atom. The number of carbonyl (C=O) groups excluding carboxylic acids is 4. The number of aliphatic carboxylic acids is 1. The van der Waals surface area contributed by atoms with Gasteiger partial charge in [-0.25, -0.2) is 4.79 Å². The number of aliphatic hydroxyl groups excluding tert-OH is 1. The Bertz CT molecular complexity index is 1430. The minimum Gasteiger partial charge on any atom is -0.508 e. The molecule has 0 aliphatic carbocycles. The largest absolute Gasteiger partial charge is 0.508 e. The molecule has 0 saturated heterocycles. The summed E-state index contributed by atoms with van der Waals surface area (Å²) in [6, 6.07) is 3.59. The molecule has 4 amide bonds. The van der Waals surface area contributed by atoms with E-state index in [2.05, 4.69) is 10.6 Å². The standard InChI is InChI=1S/C29H38N6O9.2ClH/c1-35-22(27(41)33-20(29(43)44)4-7-25(32)39)11-17-9-15(3-6-24(17)38)14-2-5-23(37)16(8-14)10-19(31)26(40)34-21(28(35)42)12-18(36)13-30;;/h2-3,5-6,8-9,18-22,36-38H,4,7,10-13,30-31H2,1H3,(H2,32,39)(H,33,41)(H,34,40)(H,43,44);2*1H/t18-,19-,20+,21+,22+;;/m1../s1. The molecule has 2 aromatic carbocycles. The fourth-order valence-corrected chi connectivity index (χ4v) is 4.88. The number of likely N-dealkylation sites (N-methyl/N-ethyl adjacent to an activating group) is 1. The highest BCUT2D eigenvalue weighted by Crippen LogP contribution is 2.31. The second-order valence-electron chi connectivity index (χ2n) is 10.8. The number of carbonyl (C=O) groups is 5. The van der Waals surface area contributed by atoms with Gasteiger partial charge in [-0.3, -0.25) is 19.2 Å². The van der Waals surface area contributed by atoms with Crippen LogP contribution in [0, 0.1) is 0 Å². The Kier molecular flexibility index (Phi) is 15.2. The molecule has 2 aromatic rings. The number of aromatic hydroxyl groups is 2. The number of hydrogen-bond acceptors (Lipinski definition) is 10. The van der Waals surface area contributed by atoms with E-state index < -0.39 is 59.9 Å². The summed E-state index contributed by atoms with van der Waals surface area (Å²) in [5.41, 5.74) is 18.6. The Hall–Kier alpha value is -4.15. The molecule has 4 bridgehead atoms. The van der Waals surface area contributed by atoms with Crippen LogP contribution in [0.1, 0.15) is 30.4 Å². The highest BCUT2D eigenvalue weighted by molar-refractivity contribution is 5.94. The van der Waals surface area contributed by atoms with Gasteiger partial charge in [0.05, 0.1) is 12.1 Å². The number of nitrogens with zero attached hydrogens (tertiary/aromatic N) is 1. The van der Waals surface area contributed by atoms with E-state index in [9.17, 15) is 44.4 Å². The number of primary amides is 1. The van der Waals surface area contributed by atoms with Crippen LogP contribution < -0.4 is 27.8 Å². The van der Waals surface area contributed by atoms with Crippen molar-refractivity contribution in [2.24, 2.45) is 17.2 Å². The van der Waals surface area contributed by atoms with Gasteiger partial charge in [0, 0.05) is 39.3 Å². The minimum atomic E-state index is -1.53. The topological polar surface area (TPSA) is 272 Å². The zero-order chi connectivity index (χ0) is 32.7. The van der Waals surface area contributed by atoms with Crippen LogP contribution in [0.15, 0.2) is 36.4 Å². The smallest absolute Gasteiger partial charge is 0.326 e. The number of carboxylic acids is 1. The first kappa shape index (κ1) is 39.9. The van der Waals surface area contributed by atoms with Gasteiger partial charge < -0.3 is 53.2 Å². The molecule has 0 radical (unpaired) electrons. The summed E-state index contributed by atoms with van der Waals surface area (Å²) in [6.45, 7) is -0.249. The van der Waals surface area contributed by atoms with Crippen LogP contribution in [0.25, 0.3) is 11.1 Å². The predicted molar refractivity (Wildman–Crippen MR) is 171 cm³/mol. The normalized spacial score (nSPS) is 19.6. The lowest BCUT2D eigenvalue weighted by atomic mass is 9.95. The summed E-state index contributed by atoms with van der Waals surface area (Å²) in [4.78, 5) is 64.7. The van der Waals surface area contributed by atoms with Gasteiger partial charge in [-0.2, -0.15) is 0 Å². The second kappa shape index (κ2) is 17.5. The van der Waals surface area contributed by atoms with Crippen molar-refractivity contribution in [2.45, 2.75) is 62.4 Å².